The van der Waals surface area contributed by atoms with E-state index in [0.29, 0.717) is 19.6 Å². The molecule has 1 atom stereocenters. The van der Waals surface area contributed by atoms with Crippen LogP contribution in [0.25, 0.3) is 0 Å². The van der Waals surface area contributed by atoms with E-state index in [-0.39, 0.29) is 5.97 Å². The lowest BCUT2D eigenvalue weighted by molar-refractivity contribution is -0.154. The fourth-order valence-corrected chi connectivity index (χ4v) is 2.02. The summed E-state index contributed by atoms with van der Waals surface area (Å²) in [6.07, 6.45) is 0.410. The van der Waals surface area contributed by atoms with Gasteiger partial charge in [-0.1, -0.05) is 0 Å². The first-order chi connectivity index (χ1) is 7.26. The quantitative estimate of drug-likeness (QED) is 0.536. The number of ether oxygens (including phenoxy) is 1. The van der Waals surface area contributed by atoms with E-state index in [0.717, 1.165) is 0 Å². The second-order valence-corrected chi connectivity index (χ2v) is 6.47. The van der Waals surface area contributed by atoms with Gasteiger partial charge in [0.1, 0.15) is 13.9 Å². The molecule has 96 valence electrons. The summed E-state index contributed by atoms with van der Waals surface area (Å²) >= 11 is 0. The molecule has 0 radical (unpaired) electrons. The van der Waals surface area contributed by atoms with Gasteiger partial charge < -0.3 is 9.26 Å². The van der Waals surface area contributed by atoms with Crippen LogP contribution in [0.15, 0.2) is 0 Å². The highest BCUT2D eigenvalue weighted by Crippen LogP contribution is 2.35. The van der Waals surface area contributed by atoms with Gasteiger partial charge in [0.2, 0.25) is 0 Å². The first kappa shape index (κ1) is 15.8. The monoisotopic (exact) mass is 249 g/mol. The zero-order valence-corrected chi connectivity index (χ0v) is 12.1. The summed E-state index contributed by atoms with van der Waals surface area (Å²) in [6, 6.07) is 0. The molecule has 1 unspecified atom stereocenters. The van der Waals surface area contributed by atoms with Crippen LogP contribution < -0.4 is 0 Å². The van der Waals surface area contributed by atoms with Crippen LogP contribution in [0.2, 0.25) is 0 Å². The summed E-state index contributed by atoms with van der Waals surface area (Å²) in [7, 11) is 1.38. The maximum atomic E-state index is 11.5. The fourth-order valence-electron chi connectivity index (χ4n) is 1.07. The average Bonchev–Trinajstić information content (AvgIpc) is 2.11. The SMILES string of the molecule is CCOP(C)N(C)CCC(=O)OC(C)(C)C. The minimum absolute atomic E-state index is 0.153. The van der Waals surface area contributed by atoms with Crippen LogP contribution in [0, 0.1) is 0 Å². The van der Waals surface area contributed by atoms with Gasteiger partial charge in [-0.15, -0.1) is 0 Å². The van der Waals surface area contributed by atoms with Crippen molar-refractivity contribution in [1.29, 1.82) is 0 Å². The molecule has 0 fully saturated rings. The molecule has 0 heterocycles. The highest BCUT2D eigenvalue weighted by atomic mass is 31.2. The second kappa shape index (κ2) is 7.21. The van der Waals surface area contributed by atoms with Gasteiger partial charge in [-0.25, -0.2) is 0 Å². The second-order valence-electron chi connectivity index (χ2n) is 4.60. The molecule has 0 spiro atoms. The first-order valence-electron chi connectivity index (χ1n) is 5.55. The molecule has 0 aliphatic heterocycles. The molecule has 0 saturated carbocycles. The summed E-state index contributed by atoms with van der Waals surface area (Å²) in [6.45, 7) is 11.0. The summed E-state index contributed by atoms with van der Waals surface area (Å²) in [5, 5.41) is 0. The van der Waals surface area contributed by atoms with Gasteiger partial charge in [-0.05, 0) is 41.4 Å². The number of hydrogen-bond acceptors (Lipinski definition) is 4. The van der Waals surface area contributed by atoms with E-state index in [4.69, 9.17) is 9.26 Å². The lowest BCUT2D eigenvalue weighted by Crippen LogP contribution is -2.26. The van der Waals surface area contributed by atoms with Crippen molar-refractivity contribution < 1.29 is 14.1 Å². The minimum atomic E-state index is -0.580. The normalized spacial score (nSPS) is 13.9. The van der Waals surface area contributed by atoms with Crippen LogP contribution in [0.4, 0.5) is 0 Å². The first-order valence-corrected chi connectivity index (χ1v) is 7.21. The number of nitrogens with zero attached hydrogens (tertiary/aromatic N) is 1. The standard InChI is InChI=1S/C11H24NO3P/c1-7-14-16(6)12(5)9-8-10(13)15-11(2,3)4/h7-9H2,1-6H3. The van der Waals surface area contributed by atoms with Crippen LogP contribution in [0.3, 0.4) is 0 Å². The van der Waals surface area contributed by atoms with Gasteiger partial charge in [-0.2, -0.15) is 0 Å². The molecular formula is C11H24NO3P. The smallest absolute Gasteiger partial charge is 0.307 e. The predicted octanol–water partition coefficient (Wildman–Crippen LogP) is 2.63. The number of esters is 1. The number of carbonyl (C=O) groups excluding carboxylic acids is 1. The van der Waals surface area contributed by atoms with E-state index >= 15 is 0 Å². The number of carbonyl (C=O) groups is 1. The third-order valence-electron chi connectivity index (χ3n) is 1.86. The molecule has 0 aromatic rings. The molecular weight excluding hydrogens is 225 g/mol. The largest absolute Gasteiger partial charge is 0.460 e. The summed E-state index contributed by atoms with van der Waals surface area (Å²) in [4.78, 5) is 11.5. The average molecular weight is 249 g/mol. The van der Waals surface area contributed by atoms with E-state index in [1.165, 1.54) is 0 Å². The Hall–Kier alpha value is -0.180. The Kier molecular flexibility index (Phi) is 7.12. The Labute approximate surface area is 100 Å². The third-order valence-corrected chi connectivity index (χ3v) is 3.65. The Morgan fingerprint density at radius 1 is 1.38 bits per heavy atom. The van der Waals surface area contributed by atoms with Crippen molar-refractivity contribution in [3.05, 3.63) is 0 Å². The van der Waals surface area contributed by atoms with Crippen LogP contribution >= 0.6 is 8.30 Å². The molecule has 0 aliphatic carbocycles. The number of hydrogen-bond donors (Lipinski definition) is 0. The highest BCUT2D eigenvalue weighted by molar-refractivity contribution is 7.49. The summed E-state index contributed by atoms with van der Waals surface area (Å²) in [5.41, 5.74) is -0.396. The minimum Gasteiger partial charge on any atom is -0.460 e. The van der Waals surface area contributed by atoms with Gasteiger partial charge in [0.15, 0.2) is 0 Å². The predicted molar refractivity (Wildman–Crippen MR) is 67.6 cm³/mol. The topological polar surface area (TPSA) is 38.8 Å². The van der Waals surface area contributed by atoms with Crippen molar-refractivity contribution in [2.24, 2.45) is 0 Å². The molecule has 0 aromatic heterocycles. The molecule has 0 aromatic carbocycles. The third kappa shape index (κ3) is 8.03. The number of rotatable bonds is 6. The van der Waals surface area contributed by atoms with E-state index in [1.807, 2.05) is 41.4 Å². The van der Waals surface area contributed by atoms with Gasteiger partial charge in [0.05, 0.1) is 6.42 Å². The van der Waals surface area contributed by atoms with Gasteiger partial charge in [-0.3, -0.25) is 9.46 Å². The molecule has 0 N–H and O–H groups in total. The Morgan fingerprint density at radius 3 is 2.38 bits per heavy atom. The molecule has 0 amide bonds. The van der Waals surface area contributed by atoms with Crippen molar-refractivity contribution in [3.8, 4) is 0 Å². The van der Waals surface area contributed by atoms with Crippen molar-refractivity contribution in [2.75, 3.05) is 26.9 Å². The molecule has 0 rings (SSSR count). The maximum absolute atomic E-state index is 11.5. The van der Waals surface area contributed by atoms with Gasteiger partial charge in [0, 0.05) is 13.2 Å². The van der Waals surface area contributed by atoms with Crippen molar-refractivity contribution in [2.45, 2.75) is 39.7 Å². The maximum Gasteiger partial charge on any atom is 0.307 e. The lowest BCUT2D eigenvalue weighted by atomic mass is 10.2. The van der Waals surface area contributed by atoms with Crippen LogP contribution in [0.5, 0.6) is 0 Å². The molecule has 16 heavy (non-hydrogen) atoms. The summed E-state index contributed by atoms with van der Waals surface area (Å²) in [5.74, 6) is -0.153. The van der Waals surface area contributed by atoms with E-state index in [9.17, 15) is 4.79 Å². The summed E-state index contributed by atoms with van der Waals surface area (Å²) < 4.78 is 12.8. The zero-order valence-electron chi connectivity index (χ0n) is 11.2. The van der Waals surface area contributed by atoms with Crippen LogP contribution in [-0.2, 0) is 14.1 Å². The molecule has 5 heteroatoms. The van der Waals surface area contributed by atoms with Crippen LogP contribution in [-0.4, -0.2) is 43.1 Å². The van der Waals surface area contributed by atoms with Crippen molar-refractivity contribution in [3.63, 3.8) is 0 Å². The Morgan fingerprint density at radius 2 is 1.94 bits per heavy atom. The fraction of sp³-hybridized carbons (Fsp3) is 0.909. The van der Waals surface area contributed by atoms with E-state index < -0.39 is 13.9 Å². The molecule has 0 bridgehead atoms. The van der Waals surface area contributed by atoms with Gasteiger partial charge >= 0.3 is 5.97 Å². The lowest BCUT2D eigenvalue weighted by Gasteiger charge is -2.24. The zero-order chi connectivity index (χ0) is 12.8. The Bertz CT molecular complexity index is 216. The molecule has 4 nitrogen and oxygen atoms in total. The van der Waals surface area contributed by atoms with Crippen molar-refractivity contribution in [1.82, 2.24) is 4.67 Å². The van der Waals surface area contributed by atoms with Crippen LogP contribution in [0.1, 0.15) is 34.1 Å². The highest BCUT2D eigenvalue weighted by Gasteiger charge is 2.17. The van der Waals surface area contributed by atoms with Gasteiger partial charge in [0.25, 0.3) is 0 Å². The van der Waals surface area contributed by atoms with E-state index in [2.05, 4.69) is 4.67 Å². The molecule has 0 aliphatic rings. The van der Waals surface area contributed by atoms with E-state index in [1.54, 1.807) is 0 Å². The Balaban J connectivity index is 3.83. The molecule has 0 saturated heterocycles. The van der Waals surface area contributed by atoms with Crippen molar-refractivity contribution >= 4 is 14.3 Å².